The van der Waals surface area contributed by atoms with E-state index in [1.54, 1.807) is 6.92 Å². The highest BCUT2D eigenvalue weighted by Crippen LogP contribution is 2.09. The number of carbonyl (C=O) groups excluding carboxylic acids is 2. The Bertz CT molecular complexity index is 151. The van der Waals surface area contributed by atoms with Gasteiger partial charge in [0.05, 0.1) is 6.61 Å². The van der Waals surface area contributed by atoms with Crippen molar-refractivity contribution >= 4 is 12.3 Å². The molecule has 1 unspecified atom stereocenters. The van der Waals surface area contributed by atoms with E-state index in [2.05, 4.69) is 4.74 Å². The van der Waals surface area contributed by atoms with Crippen molar-refractivity contribution in [1.82, 2.24) is 0 Å². The Morgan fingerprint density at radius 1 is 1.73 bits per heavy atom. The van der Waals surface area contributed by atoms with Crippen LogP contribution in [0.1, 0.15) is 20.3 Å². The average Bonchev–Trinajstić information content (AvgIpc) is 1.88. The molecule has 0 fully saturated rings. The fourth-order valence-corrected chi connectivity index (χ4v) is 0.532. The summed E-state index contributed by atoms with van der Waals surface area (Å²) in [6.45, 7) is 3.09. The minimum atomic E-state index is -1.67. The zero-order valence-corrected chi connectivity index (χ0v) is 6.66. The second-order valence-corrected chi connectivity index (χ2v) is 2.37. The lowest BCUT2D eigenvalue weighted by atomic mass is 10.0. The van der Waals surface area contributed by atoms with Gasteiger partial charge in [0.15, 0.2) is 5.60 Å². The Labute approximate surface area is 65.2 Å². The lowest BCUT2D eigenvalue weighted by Crippen LogP contribution is -2.37. The predicted octanol–water partition coefficient (Wildman–Crippen LogP) is -0.111. The molecule has 0 rings (SSSR count). The molecule has 1 N–H and O–H groups in total. The number of hydrogen-bond donors (Lipinski definition) is 1. The fourth-order valence-electron chi connectivity index (χ4n) is 0.532. The lowest BCUT2D eigenvalue weighted by Gasteiger charge is -2.17. The maximum Gasteiger partial charge on any atom is 0.338 e. The Morgan fingerprint density at radius 3 is 2.64 bits per heavy atom. The van der Waals surface area contributed by atoms with Crippen LogP contribution >= 0.6 is 0 Å². The van der Waals surface area contributed by atoms with Gasteiger partial charge < -0.3 is 14.6 Å². The molecule has 0 aromatic heterocycles. The van der Waals surface area contributed by atoms with Gasteiger partial charge in [0, 0.05) is 6.42 Å². The van der Waals surface area contributed by atoms with E-state index in [9.17, 15) is 14.7 Å². The van der Waals surface area contributed by atoms with Gasteiger partial charge in [-0.15, -0.1) is 0 Å². The zero-order valence-electron chi connectivity index (χ0n) is 6.66. The zero-order chi connectivity index (χ0) is 8.91. The molecule has 0 aromatic carbocycles. The molecule has 0 aliphatic carbocycles. The summed E-state index contributed by atoms with van der Waals surface area (Å²) < 4.78 is 4.51. The van der Waals surface area contributed by atoms with Crippen LogP contribution in [0.4, 0.5) is 0 Å². The molecule has 0 saturated heterocycles. The third-order valence-electron chi connectivity index (χ3n) is 1.20. The van der Waals surface area contributed by atoms with Gasteiger partial charge in [-0.05, 0) is 13.8 Å². The first-order chi connectivity index (χ1) is 5.04. The van der Waals surface area contributed by atoms with Crippen molar-refractivity contribution in [3.63, 3.8) is 0 Å². The minimum Gasteiger partial charge on any atom is -0.464 e. The molecule has 0 heterocycles. The Morgan fingerprint density at radius 2 is 2.27 bits per heavy atom. The topological polar surface area (TPSA) is 63.6 Å². The summed E-state index contributed by atoms with van der Waals surface area (Å²) >= 11 is 0. The minimum absolute atomic E-state index is 0.202. The molecule has 64 valence electrons. The Hall–Kier alpha value is -0.900. The molecule has 0 bridgehead atoms. The van der Waals surface area contributed by atoms with Gasteiger partial charge >= 0.3 is 5.97 Å². The van der Waals surface area contributed by atoms with Crippen molar-refractivity contribution in [3.8, 4) is 0 Å². The van der Waals surface area contributed by atoms with E-state index in [-0.39, 0.29) is 13.0 Å². The highest BCUT2D eigenvalue weighted by Gasteiger charge is 2.30. The van der Waals surface area contributed by atoms with Crippen molar-refractivity contribution in [3.05, 3.63) is 0 Å². The molecule has 0 aliphatic heterocycles. The third kappa shape index (κ3) is 3.13. The van der Waals surface area contributed by atoms with Crippen LogP contribution in [-0.2, 0) is 14.3 Å². The van der Waals surface area contributed by atoms with Crippen molar-refractivity contribution in [1.29, 1.82) is 0 Å². The Kier molecular flexibility index (Phi) is 3.74. The lowest BCUT2D eigenvalue weighted by molar-refractivity contribution is -0.164. The summed E-state index contributed by atoms with van der Waals surface area (Å²) in [6.07, 6.45) is 0.253. The van der Waals surface area contributed by atoms with Crippen LogP contribution in [0.25, 0.3) is 0 Å². The summed E-state index contributed by atoms with van der Waals surface area (Å²) in [5, 5.41) is 9.21. The number of carbonyl (C=O) groups is 2. The van der Waals surface area contributed by atoms with Crippen LogP contribution in [-0.4, -0.2) is 29.6 Å². The number of ether oxygens (including phenoxy) is 1. The maximum absolute atomic E-state index is 10.8. The molecule has 0 saturated carbocycles. The second kappa shape index (κ2) is 4.08. The van der Waals surface area contributed by atoms with Crippen LogP contribution in [0, 0.1) is 0 Å². The summed E-state index contributed by atoms with van der Waals surface area (Å²) in [4.78, 5) is 20.8. The van der Waals surface area contributed by atoms with E-state index in [0.29, 0.717) is 6.29 Å². The standard InChI is InChI=1S/C7H12O4/c1-3-11-6(9)7(2,10)4-5-8/h5,10H,3-4H2,1-2H3. The molecular formula is C7H12O4. The van der Waals surface area contributed by atoms with E-state index in [1.807, 2.05) is 0 Å². The number of rotatable bonds is 4. The third-order valence-corrected chi connectivity index (χ3v) is 1.20. The SMILES string of the molecule is CCOC(=O)C(C)(O)CC=O. The van der Waals surface area contributed by atoms with Gasteiger partial charge in [-0.25, -0.2) is 4.79 Å². The molecule has 0 amide bonds. The van der Waals surface area contributed by atoms with E-state index in [0.717, 1.165) is 0 Å². The van der Waals surface area contributed by atoms with Crippen molar-refractivity contribution in [2.45, 2.75) is 25.9 Å². The number of esters is 1. The first-order valence-electron chi connectivity index (χ1n) is 3.38. The van der Waals surface area contributed by atoms with Gasteiger partial charge in [0.1, 0.15) is 6.29 Å². The Balaban J connectivity index is 4.05. The maximum atomic E-state index is 10.8. The number of aliphatic hydroxyl groups is 1. The van der Waals surface area contributed by atoms with Gasteiger partial charge in [-0.1, -0.05) is 0 Å². The summed E-state index contributed by atoms with van der Waals surface area (Å²) in [5.74, 6) is -0.757. The first kappa shape index (κ1) is 10.1. The molecule has 4 heteroatoms. The monoisotopic (exact) mass is 160 g/mol. The quantitative estimate of drug-likeness (QED) is 0.460. The van der Waals surface area contributed by atoms with Crippen LogP contribution in [0.5, 0.6) is 0 Å². The molecular weight excluding hydrogens is 148 g/mol. The molecule has 1 atom stereocenters. The van der Waals surface area contributed by atoms with Gasteiger partial charge in [0.25, 0.3) is 0 Å². The van der Waals surface area contributed by atoms with Crippen LogP contribution in [0.3, 0.4) is 0 Å². The molecule has 11 heavy (non-hydrogen) atoms. The summed E-state index contributed by atoms with van der Waals surface area (Å²) in [5.41, 5.74) is -1.67. The first-order valence-corrected chi connectivity index (χ1v) is 3.38. The van der Waals surface area contributed by atoms with Gasteiger partial charge in [-0.2, -0.15) is 0 Å². The van der Waals surface area contributed by atoms with Crippen LogP contribution in [0.15, 0.2) is 0 Å². The molecule has 0 spiro atoms. The smallest absolute Gasteiger partial charge is 0.338 e. The van der Waals surface area contributed by atoms with E-state index in [1.165, 1.54) is 6.92 Å². The predicted molar refractivity (Wildman–Crippen MR) is 37.9 cm³/mol. The van der Waals surface area contributed by atoms with Gasteiger partial charge in [0.2, 0.25) is 0 Å². The summed E-state index contributed by atoms with van der Waals surface area (Å²) in [6, 6.07) is 0. The molecule has 0 aromatic rings. The summed E-state index contributed by atoms with van der Waals surface area (Å²) in [7, 11) is 0. The molecule has 4 nitrogen and oxygen atoms in total. The average molecular weight is 160 g/mol. The van der Waals surface area contributed by atoms with Crippen LogP contribution < -0.4 is 0 Å². The van der Waals surface area contributed by atoms with Crippen molar-refractivity contribution < 1.29 is 19.4 Å². The number of hydrogen-bond acceptors (Lipinski definition) is 4. The normalized spacial score (nSPS) is 15.2. The second-order valence-electron chi connectivity index (χ2n) is 2.37. The molecule has 0 aliphatic rings. The van der Waals surface area contributed by atoms with Crippen molar-refractivity contribution in [2.24, 2.45) is 0 Å². The van der Waals surface area contributed by atoms with Crippen LogP contribution in [0.2, 0.25) is 0 Å². The van der Waals surface area contributed by atoms with Crippen molar-refractivity contribution in [2.75, 3.05) is 6.61 Å². The molecule has 0 radical (unpaired) electrons. The highest BCUT2D eigenvalue weighted by atomic mass is 16.5. The van der Waals surface area contributed by atoms with Gasteiger partial charge in [-0.3, -0.25) is 0 Å². The number of aldehydes is 1. The highest BCUT2D eigenvalue weighted by molar-refractivity contribution is 5.81. The van der Waals surface area contributed by atoms with E-state index < -0.39 is 11.6 Å². The largest absolute Gasteiger partial charge is 0.464 e. The fraction of sp³-hybridized carbons (Fsp3) is 0.714. The van der Waals surface area contributed by atoms with E-state index >= 15 is 0 Å². The van der Waals surface area contributed by atoms with E-state index in [4.69, 9.17) is 0 Å².